The molecule has 0 unspecified atom stereocenters. The maximum atomic E-state index is 11.8. The molecule has 2 aromatic carbocycles. The van der Waals surface area contributed by atoms with Crippen molar-refractivity contribution in [3.05, 3.63) is 34.4 Å². The number of morpholine rings is 1. The van der Waals surface area contributed by atoms with Crippen LogP contribution in [0.15, 0.2) is 33.5 Å². The Morgan fingerprint density at radius 2 is 1.75 bits per heavy atom. The zero-order valence-corrected chi connectivity index (χ0v) is 14.4. The molecule has 28 heavy (non-hydrogen) atoms. The average Bonchev–Trinajstić information content (AvgIpc) is 3.38. The van der Waals surface area contributed by atoms with Gasteiger partial charge in [0, 0.05) is 13.1 Å². The molecule has 0 bridgehead atoms. The van der Waals surface area contributed by atoms with Gasteiger partial charge in [-0.2, -0.15) is 0 Å². The van der Waals surface area contributed by atoms with Crippen LogP contribution in [0.4, 0.5) is 22.7 Å². The minimum atomic E-state index is -0.469. The summed E-state index contributed by atoms with van der Waals surface area (Å²) in [5, 5.41) is 30.3. The second kappa shape index (κ2) is 6.42. The summed E-state index contributed by atoms with van der Waals surface area (Å²) in [5.41, 5.74) is 2.81. The number of nitro groups is 1. The first-order valence-corrected chi connectivity index (χ1v) is 8.47. The molecule has 1 saturated heterocycles. The summed E-state index contributed by atoms with van der Waals surface area (Å²) in [6.07, 6.45) is 0. The molecule has 5 rings (SSSR count). The molecule has 12 heteroatoms. The van der Waals surface area contributed by atoms with Crippen molar-refractivity contribution >= 4 is 44.8 Å². The Balaban J connectivity index is 1.68. The molecular weight excluding hydrogens is 370 g/mol. The summed E-state index contributed by atoms with van der Waals surface area (Å²) in [7, 11) is 0. The number of anilines is 3. The Morgan fingerprint density at radius 3 is 2.57 bits per heavy atom. The number of benzene rings is 2. The topological polar surface area (TPSA) is 145 Å². The van der Waals surface area contributed by atoms with E-state index in [0.717, 1.165) is 0 Å². The fourth-order valence-electron chi connectivity index (χ4n) is 3.29. The molecule has 1 aliphatic rings. The van der Waals surface area contributed by atoms with Crippen LogP contribution in [-0.2, 0) is 4.74 Å². The van der Waals surface area contributed by atoms with Gasteiger partial charge in [-0.3, -0.25) is 10.1 Å². The van der Waals surface area contributed by atoms with Crippen LogP contribution in [0.3, 0.4) is 0 Å². The summed E-state index contributed by atoms with van der Waals surface area (Å²) in [6, 6.07) is 7.02. The van der Waals surface area contributed by atoms with Gasteiger partial charge in [0.1, 0.15) is 11.2 Å². The van der Waals surface area contributed by atoms with Gasteiger partial charge >= 0.3 is 5.69 Å². The predicted molar refractivity (Wildman–Crippen MR) is 96.6 cm³/mol. The van der Waals surface area contributed by atoms with E-state index in [4.69, 9.17) is 14.0 Å². The molecule has 12 nitrogen and oxygen atoms in total. The van der Waals surface area contributed by atoms with Crippen LogP contribution in [0.5, 0.6) is 0 Å². The molecule has 2 aromatic heterocycles. The normalized spacial score (nSPS) is 14.6. The number of fused-ring (bicyclic) bond motifs is 2. The van der Waals surface area contributed by atoms with Crippen molar-refractivity contribution in [3.8, 4) is 0 Å². The molecule has 0 aliphatic carbocycles. The molecule has 3 heterocycles. The minimum absolute atomic E-state index is 0.0712. The molecule has 142 valence electrons. The van der Waals surface area contributed by atoms with E-state index in [1.807, 2.05) is 4.90 Å². The van der Waals surface area contributed by atoms with Gasteiger partial charge in [0.05, 0.1) is 29.5 Å². The first-order valence-electron chi connectivity index (χ1n) is 8.47. The van der Waals surface area contributed by atoms with Crippen LogP contribution in [0.1, 0.15) is 0 Å². The Labute approximate surface area is 156 Å². The Kier molecular flexibility index (Phi) is 3.76. The Morgan fingerprint density at radius 1 is 1.00 bits per heavy atom. The monoisotopic (exact) mass is 383 g/mol. The number of ether oxygens (including phenoxy) is 1. The molecule has 1 N–H and O–H groups in total. The van der Waals surface area contributed by atoms with E-state index in [1.165, 1.54) is 0 Å². The summed E-state index contributed by atoms with van der Waals surface area (Å²) < 4.78 is 15.0. The van der Waals surface area contributed by atoms with Crippen molar-refractivity contribution < 1.29 is 18.9 Å². The van der Waals surface area contributed by atoms with Gasteiger partial charge in [-0.25, -0.2) is 9.26 Å². The smallest absolute Gasteiger partial charge is 0.323 e. The van der Waals surface area contributed by atoms with E-state index < -0.39 is 4.92 Å². The Bertz CT molecular complexity index is 1180. The van der Waals surface area contributed by atoms with Crippen molar-refractivity contribution in [1.29, 1.82) is 0 Å². The molecule has 1 fully saturated rings. The van der Waals surface area contributed by atoms with E-state index in [9.17, 15) is 10.1 Å². The van der Waals surface area contributed by atoms with Crippen LogP contribution in [0, 0.1) is 10.1 Å². The van der Waals surface area contributed by atoms with E-state index >= 15 is 0 Å². The zero-order valence-electron chi connectivity index (χ0n) is 14.4. The number of hydrogen-bond donors (Lipinski definition) is 1. The third-order valence-corrected chi connectivity index (χ3v) is 4.58. The van der Waals surface area contributed by atoms with Crippen molar-refractivity contribution in [3.63, 3.8) is 0 Å². The van der Waals surface area contributed by atoms with E-state index in [1.54, 1.807) is 24.3 Å². The third-order valence-electron chi connectivity index (χ3n) is 4.58. The van der Waals surface area contributed by atoms with Gasteiger partial charge in [0.2, 0.25) is 5.52 Å². The number of nitro benzene ring substituents is 1. The first-order chi connectivity index (χ1) is 13.7. The first kappa shape index (κ1) is 16.4. The highest BCUT2D eigenvalue weighted by Crippen LogP contribution is 2.40. The van der Waals surface area contributed by atoms with Crippen LogP contribution >= 0.6 is 0 Å². The molecule has 1 aliphatic heterocycles. The summed E-state index contributed by atoms with van der Waals surface area (Å²) in [4.78, 5) is 13.2. The quantitative estimate of drug-likeness (QED) is 0.409. The third kappa shape index (κ3) is 2.58. The van der Waals surface area contributed by atoms with Gasteiger partial charge in [-0.05, 0) is 38.8 Å². The molecular formula is C16H13N7O5. The van der Waals surface area contributed by atoms with E-state index in [0.29, 0.717) is 54.4 Å². The standard InChI is InChI=1S/C16H13N7O5/c24-23(25)16-12(22-4-6-26-7-5-22)8-11(14-15(16)21-28-20-14)17-9-2-1-3-10-13(9)19-27-18-10/h1-3,8,17H,4-7H2. The fourth-order valence-corrected chi connectivity index (χ4v) is 3.29. The summed E-state index contributed by atoms with van der Waals surface area (Å²) in [6.45, 7) is 2.03. The maximum absolute atomic E-state index is 11.8. The molecule has 0 radical (unpaired) electrons. The number of rotatable bonds is 4. The highest BCUT2D eigenvalue weighted by atomic mass is 16.6. The largest absolute Gasteiger partial charge is 0.378 e. The molecule has 0 spiro atoms. The second-order valence-corrected chi connectivity index (χ2v) is 6.17. The maximum Gasteiger partial charge on any atom is 0.323 e. The highest BCUT2D eigenvalue weighted by molar-refractivity contribution is 6.02. The zero-order chi connectivity index (χ0) is 19.1. The van der Waals surface area contributed by atoms with Crippen LogP contribution in [0.25, 0.3) is 22.1 Å². The van der Waals surface area contributed by atoms with Crippen LogP contribution < -0.4 is 10.2 Å². The number of aromatic nitrogens is 4. The van der Waals surface area contributed by atoms with Crippen molar-refractivity contribution in [2.45, 2.75) is 0 Å². The van der Waals surface area contributed by atoms with Crippen LogP contribution in [0.2, 0.25) is 0 Å². The van der Waals surface area contributed by atoms with Gasteiger partial charge < -0.3 is 15.0 Å². The molecule has 0 atom stereocenters. The lowest BCUT2D eigenvalue weighted by Crippen LogP contribution is -2.36. The van der Waals surface area contributed by atoms with Gasteiger partial charge in [-0.15, -0.1) is 0 Å². The average molecular weight is 383 g/mol. The molecule has 4 aromatic rings. The number of nitrogens with one attached hydrogen (secondary N) is 1. The molecule has 0 amide bonds. The minimum Gasteiger partial charge on any atom is -0.378 e. The summed E-state index contributed by atoms with van der Waals surface area (Å²) >= 11 is 0. The van der Waals surface area contributed by atoms with Crippen molar-refractivity contribution in [1.82, 2.24) is 20.6 Å². The van der Waals surface area contributed by atoms with E-state index in [2.05, 4.69) is 25.9 Å². The van der Waals surface area contributed by atoms with Crippen molar-refractivity contribution in [2.75, 3.05) is 36.5 Å². The molecule has 0 saturated carbocycles. The lowest BCUT2D eigenvalue weighted by molar-refractivity contribution is -0.382. The van der Waals surface area contributed by atoms with E-state index in [-0.39, 0.29) is 16.7 Å². The SMILES string of the molecule is O=[N+]([O-])c1c(N2CCOCC2)cc(Nc2cccc3nonc23)c2nonc12. The second-order valence-electron chi connectivity index (χ2n) is 6.17. The fraction of sp³-hybridized carbons (Fsp3) is 0.250. The summed E-state index contributed by atoms with van der Waals surface area (Å²) in [5.74, 6) is 0. The number of hydrogen-bond acceptors (Lipinski definition) is 11. The van der Waals surface area contributed by atoms with Gasteiger partial charge in [-0.1, -0.05) is 6.07 Å². The van der Waals surface area contributed by atoms with Gasteiger partial charge in [0.25, 0.3) is 0 Å². The lowest BCUT2D eigenvalue weighted by atomic mass is 10.1. The predicted octanol–water partition coefficient (Wildman–Crippen LogP) is 2.25. The highest BCUT2D eigenvalue weighted by Gasteiger charge is 2.30. The number of nitrogens with zero attached hydrogens (tertiary/aromatic N) is 6. The van der Waals surface area contributed by atoms with Gasteiger partial charge in [0.15, 0.2) is 11.0 Å². The lowest BCUT2D eigenvalue weighted by Gasteiger charge is -2.28. The van der Waals surface area contributed by atoms with Crippen molar-refractivity contribution in [2.24, 2.45) is 0 Å². The Hall–Kier alpha value is -3.80. The van der Waals surface area contributed by atoms with Crippen LogP contribution in [-0.4, -0.2) is 51.9 Å².